The molecular weight excluding hydrogens is 378 g/mol. The van der Waals surface area contributed by atoms with Crippen molar-refractivity contribution < 1.29 is 18.0 Å². The third-order valence-electron chi connectivity index (χ3n) is 5.58. The first-order chi connectivity index (χ1) is 13.3. The second-order valence-electron chi connectivity index (χ2n) is 7.81. The third-order valence-corrected chi connectivity index (χ3v) is 7.49. The number of nitrogens with one attached hydrogen (secondary N) is 2. The molecule has 1 aromatic rings. The number of amides is 2. The molecule has 154 valence electrons. The van der Waals surface area contributed by atoms with Crippen molar-refractivity contribution in [1.82, 2.24) is 9.62 Å². The van der Waals surface area contributed by atoms with Crippen molar-refractivity contribution >= 4 is 27.5 Å². The minimum absolute atomic E-state index is 0.0989. The quantitative estimate of drug-likeness (QED) is 0.757. The highest BCUT2D eigenvalue weighted by atomic mass is 32.2. The molecule has 28 heavy (non-hydrogen) atoms. The van der Waals surface area contributed by atoms with Crippen LogP contribution in [0, 0.1) is 5.92 Å². The summed E-state index contributed by atoms with van der Waals surface area (Å²) in [5.41, 5.74) is 0.568. The predicted octanol–water partition coefficient (Wildman–Crippen LogP) is 2.49. The third kappa shape index (κ3) is 5.32. The standard InChI is InChI=1S/C20H29N3O4S/c1-15(24)21-18-6-8-19(9-7-18)28(26,27)23-12-10-16(11-13-23)14-20(25)22-17-4-2-3-5-17/h6-9,16-17H,2-5,10-14H2,1H3,(H,21,24)(H,22,25). The van der Waals surface area contributed by atoms with Gasteiger partial charge in [-0.25, -0.2) is 8.42 Å². The number of carbonyl (C=O) groups excluding carboxylic acids is 2. The van der Waals surface area contributed by atoms with Gasteiger partial charge in [-0.05, 0) is 55.9 Å². The Morgan fingerprint density at radius 1 is 1.04 bits per heavy atom. The van der Waals surface area contributed by atoms with Crippen LogP contribution in [-0.4, -0.2) is 43.7 Å². The van der Waals surface area contributed by atoms with Gasteiger partial charge in [0.1, 0.15) is 0 Å². The second-order valence-corrected chi connectivity index (χ2v) is 9.74. The van der Waals surface area contributed by atoms with E-state index in [0.29, 0.717) is 44.1 Å². The average Bonchev–Trinajstić information content (AvgIpc) is 3.15. The first-order valence-electron chi connectivity index (χ1n) is 10.0. The maximum absolute atomic E-state index is 12.8. The fourth-order valence-electron chi connectivity index (χ4n) is 4.04. The molecule has 7 nitrogen and oxygen atoms in total. The first-order valence-corrected chi connectivity index (χ1v) is 11.5. The molecule has 1 saturated carbocycles. The molecule has 3 rings (SSSR count). The van der Waals surface area contributed by atoms with Gasteiger partial charge in [-0.1, -0.05) is 12.8 Å². The van der Waals surface area contributed by atoms with Gasteiger partial charge in [-0.3, -0.25) is 9.59 Å². The lowest BCUT2D eigenvalue weighted by Crippen LogP contribution is -2.40. The van der Waals surface area contributed by atoms with E-state index in [1.807, 2.05) is 0 Å². The first kappa shape index (κ1) is 20.8. The van der Waals surface area contributed by atoms with E-state index in [4.69, 9.17) is 0 Å². The SMILES string of the molecule is CC(=O)Nc1ccc(S(=O)(=O)N2CCC(CC(=O)NC3CCCC3)CC2)cc1. The van der Waals surface area contributed by atoms with E-state index in [-0.39, 0.29) is 22.6 Å². The van der Waals surface area contributed by atoms with Gasteiger partial charge < -0.3 is 10.6 Å². The van der Waals surface area contributed by atoms with Crippen LogP contribution in [0.1, 0.15) is 51.9 Å². The molecular formula is C20H29N3O4S. The summed E-state index contributed by atoms with van der Waals surface area (Å²) in [6.45, 7) is 2.26. The summed E-state index contributed by atoms with van der Waals surface area (Å²) >= 11 is 0. The zero-order valence-electron chi connectivity index (χ0n) is 16.3. The smallest absolute Gasteiger partial charge is 0.243 e. The molecule has 1 saturated heterocycles. The average molecular weight is 408 g/mol. The fraction of sp³-hybridized carbons (Fsp3) is 0.600. The van der Waals surface area contributed by atoms with Gasteiger partial charge in [0, 0.05) is 38.2 Å². The van der Waals surface area contributed by atoms with Gasteiger partial charge in [-0.2, -0.15) is 4.31 Å². The Kier molecular flexibility index (Phi) is 6.72. The van der Waals surface area contributed by atoms with Crippen molar-refractivity contribution in [3.63, 3.8) is 0 Å². The van der Waals surface area contributed by atoms with Crippen molar-refractivity contribution in [3.05, 3.63) is 24.3 Å². The lowest BCUT2D eigenvalue weighted by atomic mass is 9.94. The Morgan fingerprint density at radius 2 is 1.64 bits per heavy atom. The number of carbonyl (C=O) groups is 2. The van der Waals surface area contributed by atoms with E-state index in [2.05, 4.69) is 10.6 Å². The Balaban J connectivity index is 1.51. The molecule has 2 amide bonds. The Labute approximate surface area is 166 Å². The van der Waals surface area contributed by atoms with Crippen molar-refractivity contribution in [2.24, 2.45) is 5.92 Å². The minimum atomic E-state index is -3.56. The van der Waals surface area contributed by atoms with Crippen LogP contribution in [0.2, 0.25) is 0 Å². The van der Waals surface area contributed by atoms with E-state index in [0.717, 1.165) is 12.8 Å². The number of anilines is 1. The van der Waals surface area contributed by atoms with Crippen LogP contribution in [0.3, 0.4) is 0 Å². The van der Waals surface area contributed by atoms with Crippen LogP contribution >= 0.6 is 0 Å². The molecule has 1 aliphatic carbocycles. The Hall–Kier alpha value is -1.93. The Morgan fingerprint density at radius 3 is 2.21 bits per heavy atom. The lowest BCUT2D eigenvalue weighted by Gasteiger charge is -2.31. The Bertz CT molecular complexity index is 793. The highest BCUT2D eigenvalue weighted by Crippen LogP contribution is 2.27. The number of hydrogen-bond donors (Lipinski definition) is 2. The fourth-order valence-corrected chi connectivity index (χ4v) is 5.50. The monoisotopic (exact) mass is 407 g/mol. The summed E-state index contributed by atoms with van der Waals surface area (Å²) in [6.07, 6.45) is 6.39. The molecule has 2 N–H and O–H groups in total. The zero-order chi connectivity index (χ0) is 20.1. The van der Waals surface area contributed by atoms with E-state index < -0.39 is 10.0 Å². The summed E-state index contributed by atoms with van der Waals surface area (Å²) in [7, 11) is -3.56. The molecule has 0 radical (unpaired) electrons. The van der Waals surface area contributed by atoms with Gasteiger partial charge in [0.2, 0.25) is 21.8 Å². The summed E-state index contributed by atoms with van der Waals surface area (Å²) in [4.78, 5) is 23.5. The zero-order valence-corrected chi connectivity index (χ0v) is 17.1. The molecule has 8 heteroatoms. The van der Waals surface area contributed by atoms with Gasteiger partial charge in [-0.15, -0.1) is 0 Å². The van der Waals surface area contributed by atoms with Gasteiger partial charge in [0.25, 0.3) is 0 Å². The summed E-state index contributed by atoms with van der Waals surface area (Å²) < 4.78 is 27.2. The molecule has 2 aliphatic rings. The lowest BCUT2D eigenvalue weighted by molar-refractivity contribution is -0.123. The molecule has 0 unspecified atom stereocenters. The molecule has 1 aliphatic heterocycles. The predicted molar refractivity (Wildman–Crippen MR) is 107 cm³/mol. The molecule has 0 aromatic heterocycles. The van der Waals surface area contributed by atoms with E-state index >= 15 is 0 Å². The number of sulfonamides is 1. The molecule has 1 aromatic carbocycles. The highest BCUT2D eigenvalue weighted by Gasteiger charge is 2.30. The van der Waals surface area contributed by atoms with Gasteiger partial charge >= 0.3 is 0 Å². The number of rotatable bonds is 6. The normalized spacial score (nSPS) is 19.5. The van der Waals surface area contributed by atoms with Crippen LogP contribution in [0.5, 0.6) is 0 Å². The van der Waals surface area contributed by atoms with Crippen LogP contribution in [0.15, 0.2) is 29.2 Å². The van der Waals surface area contributed by atoms with Gasteiger partial charge in [0.05, 0.1) is 4.90 Å². The summed E-state index contributed by atoms with van der Waals surface area (Å²) in [6, 6.07) is 6.54. The van der Waals surface area contributed by atoms with E-state index in [9.17, 15) is 18.0 Å². The minimum Gasteiger partial charge on any atom is -0.353 e. The van der Waals surface area contributed by atoms with Crippen molar-refractivity contribution in [3.8, 4) is 0 Å². The molecule has 2 fully saturated rings. The largest absolute Gasteiger partial charge is 0.353 e. The number of hydrogen-bond acceptors (Lipinski definition) is 4. The molecule has 0 bridgehead atoms. The van der Waals surface area contributed by atoms with Crippen molar-refractivity contribution in [1.29, 1.82) is 0 Å². The summed E-state index contributed by atoms with van der Waals surface area (Å²) in [5, 5.41) is 5.74. The number of benzene rings is 1. The van der Waals surface area contributed by atoms with E-state index in [1.54, 1.807) is 12.1 Å². The van der Waals surface area contributed by atoms with Crippen LogP contribution in [-0.2, 0) is 19.6 Å². The number of nitrogens with zero attached hydrogens (tertiary/aromatic N) is 1. The van der Waals surface area contributed by atoms with Gasteiger partial charge in [0.15, 0.2) is 0 Å². The molecule has 0 atom stereocenters. The second kappa shape index (κ2) is 9.05. The van der Waals surface area contributed by atoms with Crippen LogP contribution in [0.4, 0.5) is 5.69 Å². The maximum atomic E-state index is 12.8. The van der Waals surface area contributed by atoms with Crippen LogP contribution < -0.4 is 10.6 Å². The molecule has 1 heterocycles. The highest BCUT2D eigenvalue weighted by molar-refractivity contribution is 7.89. The number of piperidine rings is 1. The van der Waals surface area contributed by atoms with E-state index in [1.165, 1.54) is 36.2 Å². The maximum Gasteiger partial charge on any atom is 0.243 e. The van der Waals surface area contributed by atoms with Crippen molar-refractivity contribution in [2.45, 2.75) is 62.8 Å². The molecule has 0 spiro atoms. The van der Waals surface area contributed by atoms with Crippen molar-refractivity contribution in [2.75, 3.05) is 18.4 Å². The topological polar surface area (TPSA) is 95.6 Å². The van der Waals surface area contributed by atoms with Crippen LogP contribution in [0.25, 0.3) is 0 Å². The summed E-state index contributed by atoms with van der Waals surface area (Å²) in [5.74, 6) is 0.131.